The highest BCUT2D eigenvalue weighted by atomic mass is 127. The molecule has 0 N–H and O–H groups in total. The second-order valence-corrected chi connectivity index (χ2v) is 4.10. The lowest BCUT2D eigenvalue weighted by molar-refractivity contribution is -0.0425. The molecule has 4 atom stereocenters. The summed E-state index contributed by atoms with van der Waals surface area (Å²) in [5, 5.41) is 0. The Hall–Kier alpha value is 0.380. The van der Waals surface area contributed by atoms with Crippen molar-refractivity contribution in [3.8, 4) is 0 Å². The van der Waals surface area contributed by atoms with E-state index in [1.807, 2.05) is 0 Å². The molecular formula is C6H6F5I. The molecule has 0 heterocycles. The maximum Gasteiger partial charge on any atom is 0.168 e. The summed E-state index contributed by atoms with van der Waals surface area (Å²) in [4.78, 5) is 0. The zero-order valence-electron chi connectivity index (χ0n) is 5.73. The van der Waals surface area contributed by atoms with Gasteiger partial charge in [0.15, 0.2) is 18.5 Å². The van der Waals surface area contributed by atoms with Gasteiger partial charge in [0.05, 0.1) is 3.92 Å². The van der Waals surface area contributed by atoms with Crippen LogP contribution >= 0.6 is 22.6 Å². The largest absolute Gasteiger partial charge is 0.243 e. The SMILES string of the molecule is FC1C(F)C(F)C(I)C(F)C1F. The fourth-order valence-electron chi connectivity index (χ4n) is 1.05. The molecule has 0 amide bonds. The van der Waals surface area contributed by atoms with Crippen LogP contribution < -0.4 is 0 Å². The molecule has 0 nitrogen and oxygen atoms in total. The maximum atomic E-state index is 12.6. The average Bonchev–Trinajstić information content (AvgIpc) is 2.08. The van der Waals surface area contributed by atoms with Crippen LogP contribution in [0.5, 0.6) is 0 Å². The van der Waals surface area contributed by atoms with E-state index in [-0.39, 0.29) is 0 Å². The van der Waals surface area contributed by atoms with Crippen molar-refractivity contribution in [1.82, 2.24) is 0 Å². The summed E-state index contributed by atoms with van der Waals surface area (Å²) in [7, 11) is 0. The van der Waals surface area contributed by atoms with Crippen molar-refractivity contribution < 1.29 is 22.0 Å². The molecule has 1 aliphatic carbocycles. The number of alkyl halides is 6. The lowest BCUT2D eigenvalue weighted by Gasteiger charge is -2.33. The quantitative estimate of drug-likeness (QED) is 0.366. The van der Waals surface area contributed by atoms with E-state index in [2.05, 4.69) is 0 Å². The third kappa shape index (κ3) is 1.54. The molecular weight excluding hydrogens is 294 g/mol. The molecule has 0 spiro atoms. The normalized spacial score (nSPS) is 55.5. The van der Waals surface area contributed by atoms with Gasteiger partial charge in [-0.3, -0.25) is 0 Å². The average molecular weight is 300 g/mol. The number of rotatable bonds is 0. The molecule has 0 bridgehead atoms. The Morgan fingerprint density at radius 2 is 0.833 bits per heavy atom. The molecule has 72 valence electrons. The summed E-state index contributed by atoms with van der Waals surface area (Å²) >= 11 is 1.25. The summed E-state index contributed by atoms with van der Waals surface area (Å²) in [5.74, 6) is 0. The second kappa shape index (κ2) is 3.63. The molecule has 0 radical (unpaired) electrons. The Labute approximate surface area is 79.6 Å². The minimum atomic E-state index is -2.68. The van der Waals surface area contributed by atoms with Crippen molar-refractivity contribution in [3.05, 3.63) is 0 Å². The summed E-state index contributed by atoms with van der Waals surface area (Å²) in [6.45, 7) is 0. The highest BCUT2D eigenvalue weighted by Gasteiger charge is 2.52. The molecule has 12 heavy (non-hydrogen) atoms. The molecule has 1 rings (SSSR count). The van der Waals surface area contributed by atoms with Gasteiger partial charge in [-0.05, 0) is 0 Å². The Morgan fingerprint density at radius 1 is 0.583 bits per heavy atom. The van der Waals surface area contributed by atoms with Gasteiger partial charge in [-0.15, -0.1) is 0 Å². The van der Waals surface area contributed by atoms with E-state index in [9.17, 15) is 22.0 Å². The van der Waals surface area contributed by atoms with Crippen LogP contribution in [-0.4, -0.2) is 34.8 Å². The molecule has 0 aromatic heterocycles. The van der Waals surface area contributed by atoms with Gasteiger partial charge >= 0.3 is 0 Å². The van der Waals surface area contributed by atoms with Crippen molar-refractivity contribution in [3.63, 3.8) is 0 Å². The molecule has 1 aliphatic rings. The zero-order valence-corrected chi connectivity index (χ0v) is 7.89. The standard InChI is InChI=1S/C6H6F5I/c7-1-2(8)4(10)6(12)5(11)3(1)9/h1-6H. The summed E-state index contributed by atoms with van der Waals surface area (Å²) < 4.78 is 61.2. The summed E-state index contributed by atoms with van der Waals surface area (Å²) in [5.41, 5.74) is 0. The van der Waals surface area contributed by atoms with Gasteiger partial charge < -0.3 is 0 Å². The number of hydrogen-bond donors (Lipinski definition) is 0. The van der Waals surface area contributed by atoms with Crippen LogP contribution in [-0.2, 0) is 0 Å². The van der Waals surface area contributed by atoms with Gasteiger partial charge in [0.1, 0.15) is 12.3 Å². The van der Waals surface area contributed by atoms with Crippen molar-refractivity contribution in [2.75, 3.05) is 0 Å². The molecule has 1 saturated carbocycles. The van der Waals surface area contributed by atoms with Crippen LogP contribution in [0.25, 0.3) is 0 Å². The van der Waals surface area contributed by atoms with Gasteiger partial charge in [-0.25, -0.2) is 22.0 Å². The lowest BCUT2D eigenvalue weighted by Crippen LogP contribution is -2.53. The van der Waals surface area contributed by atoms with Crippen LogP contribution in [0.3, 0.4) is 0 Å². The van der Waals surface area contributed by atoms with E-state index in [0.717, 1.165) is 0 Å². The zero-order chi connectivity index (χ0) is 9.46. The minimum Gasteiger partial charge on any atom is -0.243 e. The first kappa shape index (κ1) is 10.5. The first-order valence-electron chi connectivity index (χ1n) is 3.31. The maximum absolute atomic E-state index is 12.6. The first-order chi connectivity index (χ1) is 5.46. The molecule has 4 unspecified atom stereocenters. The van der Waals surface area contributed by atoms with Crippen molar-refractivity contribution in [2.45, 2.75) is 34.8 Å². The Bertz CT molecular complexity index is 107. The summed E-state index contributed by atoms with van der Waals surface area (Å²) in [6.07, 6.45) is -12.3. The molecule has 0 aromatic carbocycles. The number of halogens is 6. The topological polar surface area (TPSA) is 0 Å². The minimum absolute atomic E-state index is 1.25. The summed E-state index contributed by atoms with van der Waals surface area (Å²) in [6, 6.07) is 0. The monoisotopic (exact) mass is 300 g/mol. The van der Waals surface area contributed by atoms with Gasteiger partial charge in [0.2, 0.25) is 0 Å². The fourth-order valence-corrected chi connectivity index (χ4v) is 1.85. The van der Waals surface area contributed by atoms with Gasteiger partial charge in [0, 0.05) is 0 Å². The van der Waals surface area contributed by atoms with Crippen LogP contribution in [0.2, 0.25) is 0 Å². The molecule has 0 aromatic rings. The van der Waals surface area contributed by atoms with Crippen LogP contribution in [0, 0.1) is 0 Å². The van der Waals surface area contributed by atoms with E-state index in [1.165, 1.54) is 22.6 Å². The number of hydrogen-bond acceptors (Lipinski definition) is 0. The van der Waals surface area contributed by atoms with Crippen molar-refractivity contribution in [2.24, 2.45) is 0 Å². The molecule has 1 fully saturated rings. The van der Waals surface area contributed by atoms with Gasteiger partial charge in [-0.1, -0.05) is 22.6 Å². The smallest absolute Gasteiger partial charge is 0.168 e. The predicted octanol–water partition coefficient (Wildman–Crippen LogP) is 2.49. The van der Waals surface area contributed by atoms with E-state index in [1.54, 1.807) is 0 Å². The first-order valence-corrected chi connectivity index (χ1v) is 4.55. The van der Waals surface area contributed by atoms with E-state index >= 15 is 0 Å². The highest BCUT2D eigenvalue weighted by molar-refractivity contribution is 14.1. The third-order valence-corrected chi connectivity index (χ3v) is 3.20. The Balaban J connectivity index is 2.76. The van der Waals surface area contributed by atoms with E-state index in [0.29, 0.717) is 0 Å². The lowest BCUT2D eigenvalue weighted by atomic mass is 9.92. The Morgan fingerprint density at radius 3 is 1.17 bits per heavy atom. The Kier molecular flexibility index (Phi) is 3.16. The van der Waals surface area contributed by atoms with Gasteiger partial charge in [0.25, 0.3) is 0 Å². The van der Waals surface area contributed by atoms with Crippen molar-refractivity contribution in [1.29, 1.82) is 0 Å². The third-order valence-electron chi connectivity index (χ3n) is 1.83. The predicted molar refractivity (Wildman–Crippen MR) is 42.3 cm³/mol. The molecule has 0 aliphatic heterocycles. The fraction of sp³-hybridized carbons (Fsp3) is 1.00. The van der Waals surface area contributed by atoms with Crippen LogP contribution in [0.4, 0.5) is 22.0 Å². The molecule has 6 heteroatoms. The van der Waals surface area contributed by atoms with Crippen LogP contribution in [0.1, 0.15) is 0 Å². The van der Waals surface area contributed by atoms with E-state index in [4.69, 9.17) is 0 Å². The second-order valence-electron chi connectivity index (χ2n) is 2.67. The highest BCUT2D eigenvalue weighted by Crippen LogP contribution is 2.35. The van der Waals surface area contributed by atoms with Crippen LogP contribution in [0.15, 0.2) is 0 Å². The molecule has 0 saturated heterocycles. The van der Waals surface area contributed by atoms with E-state index < -0.39 is 34.8 Å². The van der Waals surface area contributed by atoms with Gasteiger partial charge in [-0.2, -0.15) is 0 Å². The van der Waals surface area contributed by atoms with Crippen molar-refractivity contribution >= 4 is 22.6 Å².